The average molecular weight is 536 g/mol. The maximum atomic E-state index is 8.62. The van der Waals surface area contributed by atoms with Crippen LogP contribution in [0.2, 0.25) is 0 Å². The SMILES string of the molecule is [O-][I+3]([O-])([O-])[O-].c1ccc([P+](c2ccccc2)(c2ccccc2)C2CCCCC2)cc1. The van der Waals surface area contributed by atoms with Gasteiger partial charge in [-0.3, -0.25) is 13.7 Å². The molecule has 158 valence electrons. The van der Waals surface area contributed by atoms with E-state index in [9.17, 15) is 0 Å². The molecule has 0 N–H and O–H groups in total. The van der Waals surface area contributed by atoms with Crippen molar-refractivity contribution in [1.29, 1.82) is 0 Å². The van der Waals surface area contributed by atoms with Crippen LogP contribution in [-0.2, 0) is 0 Å². The average Bonchev–Trinajstić information content (AvgIpc) is 2.76. The molecule has 0 atom stereocenters. The van der Waals surface area contributed by atoms with E-state index < -0.39 is 27.4 Å². The second kappa shape index (κ2) is 10.8. The van der Waals surface area contributed by atoms with Gasteiger partial charge in [0.2, 0.25) is 0 Å². The Kier molecular flexibility index (Phi) is 8.40. The summed E-state index contributed by atoms with van der Waals surface area (Å²) in [6.45, 7) is 0. The van der Waals surface area contributed by atoms with Crippen molar-refractivity contribution < 1.29 is 33.8 Å². The van der Waals surface area contributed by atoms with Crippen molar-refractivity contribution in [2.45, 2.75) is 37.8 Å². The highest BCUT2D eigenvalue weighted by Crippen LogP contribution is 2.63. The minimum absolute atomic E-state index is 0.758. The molecule has 4 rings (SSSR count). The lowest BCUT2D eigenvalue weighted by Crippen LogP contribution is -4.29. The fourth-order valence-corrected chi connectivity index (χ4v) is 9.76. The summed E-state index contributed by atoms with van der Waals surface area (Å²) in [4.78, 5) is 0. The Hall–Kier alpha value is -1.34. The second-order valence-electron chi connectivity index (χ2n) is 7.40. The van der Waals surface area contributed by atoms with Crippen LogP contribution in [0.1, 0.15) is 32.1 Å². The van der Waals surface area contributed by atoms with Crippen LogP contribution in [0.4, 0.5) is 0 Å². The molecule has 0 amide bonds. The van der Waals surface area contributed by atoms with Crippen LogP contribution in [-0.4, -0.2) is 5.66 Å². The van der Waals surface area contributed by atoms with Crippen molar-refractivity contribution in [2.24, 2.45) is 0 Å². The van der Waals surface area contributed by atoms with Gasteiger partial charge in [0.15, 0.2) is 0 Å². The van der Waals surface area contributed by atoms with E-state index in [1.165, 1.54) is 32.1 Å². The molecule has 0 aliphatic heterocycles. The molecule has 0 spiro atoms. The molecule has 0 radical (unpaired) electrons. The Morgan fingerprint density at radius 2 is 0.833 bits per heavy atom. The molecular formula is C24H26IO4P. The normalized spacial score (nSPS) is 15.2. The third-order valence-electron chi connectivity index (χ3n) is 5.61. The van der Waals surface area contributed by atoms with Gasteiger partial charge in [-0.2, -0.15) is 0 Å². The van der Waals surface area contributed by atoms with Crippen molar-refractivity contribution >= 4 is 23.2 Å². The summed E-state index contributed by atoms with van der Waals surface area (Å²) in [5, 5.41) is 4.62. The van der Waals surface area contributed by atoms with E-state index in [0.717, 1.165) is 5.66 Å². The van der Waals surface area contributed by atoms with Crippen molar-refractivity contribution in [3.8, 4) is 0 Å². The van der Waals surface area contributed by atoms with Crippen LogP contribution in [0.25, 0.3) is 0 Å². The van der Waals surface area contributed by atoms with Gasteiger partial charge >= 0.3 is 0 Å². The highest BCUT2D eigenvalue weighted by Gasteiger charge is 2.51. The number of rotatable bonds is 4. The van der Waals surface area contributed by atoms with E-state index in [2.05, 4.69) is 91.0 Å². The van der Waals surface area contributed by atoms with Crippen LogP contribution in [0.15, 0.2) is 91.0 Å². The quantitative estimate of drug-likeness (QED) is 0.274. The molecule has 3 aromatic rings. The molecule has 0 unspecified atom stereocenters. The van der Waals surface area contributed by atoms with Gasteiger partial charge < -0.3 is 0 Å². The van der Waals surface area contributed by atoms with Gasteiger partial charge in [0.05, 0.1) is 5.66 Å². The molecule has 1 fully saturated rings. The van der Waals surface area contributed by atoms with Crippen molar-refractivity contribution in [1.82, 2.24) is 0 Å². The number of hydrogen-bond donors (Lipinski definition) is 0. The lowest BCUT2D eigenvalue weighted by molar-refractivity contribution is -2.00. The number of benzene rings is 3. The summed E-state index contributed by atoms with van der Waals surface area (Å²) in [5.74, 6) is 0. The van der Waals surface area contributed by atoms with Crippen molar-refractivity contribution in [3.63, 3.8) is 0 Å². The molecule has 0 heterocycles. The van der Waals surface area contributed by atoms with Crippen LogP contribution < -0.4 is 49.8 Å². The lowest BCUT2D eigenvalue weighted by Gasteiger charge is -2.36. The highest BCUT2D eigenvalue weighted by molar-refractivity contribution is 7.96. The Morgan fingerprint density at radius 1 is 0.533 bits per heavy atom. The molecule has 3 aromatic carbocycles. The summed E-state index contributed by atoms with van der Waals surface area (Å²) in [6.07, 6.45) is 6.85. The smallest absolute Gasteiger partial charge is 0.144 e. The fourth-order valence-electron chi connectivity index (χ4n) is 4.54. The largest absolute Gasteiger partial charge is 0.286 e. The first-order valence-electron chi connectivity index (χ1n) is 10.1. The summed E-state index contributed by atoms with van der Waals surface area (Å²) in [6, 6.07) is 34.0. The predicted molar refractivity (Wildman–Crippen MR) is 112 cm³/mol. The first kappa shape index (κ1) is 23.3. The molecule has 0 saturated heterocycles. The summed E-state index contributed by atoms with van der Waals surface area (Å²) >= 11 is -5.94. The van der Waals surface area contributed by atoms with E-state index in [1.54, 1.807) is 15.9 Å². The molecule has 0 bridgehead atoms. The Labute approximate surface area is 185 Å². The fraction of sp³-hybridized carbons (Fsp3) is 0.250. The van der Waals surface area contributed by atoms with E-state index in [4.69, 9.17) is 13.7 Å². The minimum atomic E-state index is -5.94. The summed E-state index contributed by atoms with van der Waals surface area (Å²) < 4.78 is 34.5. The van der Waals surface area contributed by atoms with Crippen LogP contribution in [0.5, 0.6) is 0 Å². The maximum absolute atomic E-state index is 8.62. The van der Waals surface area contributed by atoms with E-state index in [1.807, 2.05) is 0 Å². The van der Waals surface area contributed by atoms with E-state index in [-0.39, 0.29) is 0 Å². The van der Waals surface area contributed by atoms with Gasteiger partial charge in [-0.05, 0) is 62.1 Å². The molecule has 1 aliphatic rings. The van der Waals surface area contributed by atoms with Crippen LogP contribution in [0, 0.1) is 0 Å². The zero-order valence-corrected chi connectivity index (χ0v) is 19.8. The first-order chi connectivity index (χ1) is 14.4. The molecule has 1 saturated carbocycles. The highest BCUT2D eigenvalue weighted by atomic mass is 127. The first-order valence-corrected chi connectivity index (χ1v) is 15.5. The molecule has 4 nitrogen and oxygen atoms in total. The predicted octanol–water partition coefficient (Wildman–Crippen LogP) is -2.44. The molecule has 1 aliphatic carbocycles. The van der Waals surface area contributed by atoms with Crippen LogP contribution >= 0.6 is 7.26 Å². The van der Waals surface area contributed by atoms with Crippen LogP contribution in [0.3, 0.4) is 0 Å². The zero-order valence-electron chi connectivity index (χ0n) is 16.7. The van der Waals surface area contributed by atoms with Gasteiger partial charge in [-0.15, -0.1) is 0 Å². The van der Waals surface area contributed by atoms with Gasteiger partial charge in [0, 0.05) is 0 Å². The van der Waals surface area contributed by atoms with Gasteiger partial charge in [0.25, 0.3) is 0 Å². The third kappa shape index (κ3) is 5.88. The minimum Gasteiger partial charge on any atom is -0.286 e. The summed E-state index contributed by atoms with van der Waals surface area (Å²) in [5.41, 5.74) is 0.758. The summed E-state index contributed by atoms with van der Waals surface area (Å²) in [7, 11) is -1.63. The Balaban J connectivity index is 0.000000461. The van der Waals surface area contributed by atoms with Gasteiger partial charge in [-0.1, -0.05) is 61.0 Å². The van der Waals surface area contributed by atoms with Gasteiger partial charge in [-0.25, -0.2) is 0 Å². The number of hydrogen-bond acceptors (Lipinski definition) is 4. The zero-order chi connectivity index (χ0) is 21.5. The topological polar surface area (TPSA) is 92.2 Å². The van der Waals surface area contributed by atoms with E-state index in [0.29, 0.717) is 0 Å². The molecule has 30 heavy (non-hydrogen) atoms. The molecule has 0 aromatic heterocycles. The third-order valence-corrected chi connectivity index (χ3v) is 10.6. The standard InChI is InChI=1S/C24H26P.IO4/c1-5-13-21(14-6-1)25(22-15-7-2-8-16-22,23-17-9-3-10-18-23)24-19-11-4-12-20-24;2-1(3,4)5/h1-3,5-10,13-18,24H,4,11-12,19-20H2;/q+1;-1. The maximum Gasteiger partial charge on any atom is 0.144 e. The second-order valence-corrected chi connectivity index (χ2v) is 13.3. The van der Waals surface area contributed by atoms with Crippen molar-refractivity contribution in [3.05, 3.63) is 91.0 Å². The van der Waals surface area contributed by atoms with Crippen molar-refractivity contribution in [2.75, 3.05) is 0 Å². The van der Waals surface area contributed by atoms with E-state index >= 15 is 0 Å². The molecular weight excluding hydrogens is 510 g/mol. The monoisotopic (exact) mass is 536 g/mol. The lowest BCUT2D eigenvalue weighted by atomic mass is 10.0. The molecule has 6 heteroatoms. The van der Waals surface area contributed by atoms with Gasteiger partial charge in [0.1, 0.15) is 43.3 Å². The number of halogens is 1. The Morgan fingerprint density at radius 3 is 1.13 bits per heavy atom. The Bertz CT molecular complexity index is 777.